The molecule has 3 rings (SSSR count). The van der Waals surface area contributed by atoms with Crippen LogP contribution < -0.4 is 20.3 Å². The molecule has 0 bridgehead atoms. The van der Waals surface area contributed by atoms with Gasteiger partial charge in [-0.15, -0.1) is 0 Å². The van der Waals surface area contributed by atoms with E-state index in [1.54, 1.807) is 42.5 Å². The van der Waals surface area contributed by atoms with Gasteiger partial charge in [0.05, 0.1) is 18.2 Å². The summed E-state index contributed by atoms with van der Waals surface area (Å²) >= 11 is 5.90. The zero-order valence-corrected chi connectivity index (χ0v) is 18.4. The first-order chi connectivity index (χ1) is 16.0. The van der Waals surface area contributed by atoms with E-state index in [0.29, 0.717) is 16.3 Å². The topological polar surface area (TPSA) is 103 Å². The van der Waals surface area contributed by atoms with Crippen LogP contribution in [0, 0.1) is 0 Å². The van der Waals surface area contributed by atoms with Gasteiger partial charge in [-0.05, 0) is 36.4 Å². The van der Waals surface area contributed by atoms with Crippen molar-refractivity contribution in [1.82, 2.24) is 10.9 Å². The first kappa shape index (κ1) is 23.6. The lowest BCUT2D eigenvalue weighted by atomic mass is 10.1. The average Bonchev–Trinajstić information content (AvgIpc) is 2.85. The van der Waals surface area contributed by atoms with E-state index in [1.807, 2.05) is 18.2 Å². The molecule has 33 heavy (non-hydrogen) atoms. The van der Waals surface area contributed by atoms with Crippen molar-refractivity contribution < 1.29 is 28.6 Å². The quantitative estimate of drug-likeness (QED) is 0.387. The number of methoxy groups -OCH3 is 1. The van der Waals surface area contributed by atoms with E-state index < -0.39 is 24.4 Å². The first-order valence-electron chi connectivity index (χ1n) is 9.83. The van der Waals surface area contributed by atoms with Crippen LogP contribution in [0.1, 0.15) is 26.3 Å². The summed E-state index contributed by atoms with van der Waals surface area (Å²) < 4.78 is 15.9. The van der Waals surface area contributed by atoms with Crippen LogP contribution in [0.5, 0.6) is 11.5 Å². The molecule has 0 spiro atoms. The number of esters is 1. The summed E-state index contributed by atoms with van der Waals surface area (Å²) in [6.07, 6.45) is 0. The molecule has 2 amide bonds. The van der Waals surface area contributed by atoms with Gasteiger partial charge in [-0.25, -0.2) is 4.79 Å². The van der Waals surface area contributed by atoms with Gasteiger partial charge in [0.25, 0.3) is 11.8 Å². The van der Waals surface area contributed by atoms with Crippen LogP contribution in [0.15, 0.2) is 72.8 Å². The highest BCUT2D eigenvalue weighted by Gasteiger charge is 2.17. The average molecular weight is 469 g/mol. The molecule has 0 atom stereocenters. The second kappa shape index (κ2) is 11.5. The van der Waals surface area contributed by atoms with Gasteiger partial charge in [0.15, 0.2) is 6.61 Å². The molecule has 9 heteroatoms. The third kappa shape index (κ3) is 6.72. The van der Waals surface area contributed by atoms with Crippen LogP contribution in [-0.2, 0) is 16.1 Å². The Labute approximate surface area is 195 Å². The van der Waals surface area contributed by atoms with E-state index in [1.165, 1.54) is 19.2 Å². The maximum atomic E-state index is 12.5. The first-order valence-corrected chi connectivity index (χ1v) is 10.2. The van der Waals surface area contributed by atoms with E-state index in [-0.39, 0.29) is 23.5 Å². The van der Waals surface area contributed by atoms with Gasteiger partial charge < -0.3 is 14.2 Å². The zero-order valence-electron chi connectivity index (χ0n) is 17.7. The highest BCUT2D eigenvalue weighted by atomic mass is 35.5. The summed E-state index contributed by atoms with van der Waals surface area (Å²) in [7, 11) is 1.40. The van der Waals surface area contributed by atoms with Crippen molar-refractivity contribution in [2.45, 2.75) is 6.61 Å². The number of nitrogens with one attached hydrogen (secondary N) is 2. The molecule has 0 aliphatic heterocycles. The Bertz CT molecular complexity index is 1140. The Balaban J connectivity index is 1.52. The van der Waals surface area contributed by atoms with E-state index in [2.05, 4.69) is 10.9 Å². The number of carbonyl (C=O) groups is 3. The minimum Gasteiger partial charge on any atom is -0.496 e. The molecular weight excluding hydrogens is 448 g/mol. The highest BCUT2D eigenvalue weighted by Crippen LogP contribution is 2.22. The summed E-state index contributed by atoms with van der Waals surface area (Å²) in [5.41, 5.74) is 5.42. The van der Waals surface area contributed by atoms with Crippen LogP contribution in [0.3, 0.4) is 0 Å². The maximum absolute atomic E-state index is 12.5. The second-order valence-corrected chi connectivity index (χ2v) is 7.12. The number of amides is 2. The summed E-state index contributed by atoms with van der Waals surface area (Å²) in [5.74, 6) is -1.12. The van der Waals surface area contributed by atoms with Gasteiger partial charge in [0.1, 0.15) is 18.1 Å². The molecule has 170 valence electrons. The van der Waals surface area contributed by atoms with Crippen LogP contribution in [0.25, 0.3) is 0 Å². The maximum Gasteiger partial charge on any atom is 0.339 e. The van der Waals surface area contributed by atoms with Crippen molar-refractivity contribution in [3.63, 3.8) is 0 Å². The second-order valence-electron chi connectivity index (χ2n) is 6.68. The van der Waals surface area contributed by atoms with Gasteiger partial charge in [0, 0.05) is 10.6 Å². The highest BCUT2D eigenvalue weighted by molar-refractivity contribution is 6.31. The van der Waals surface area contributed by atoms with Gasteiger partial charge in [-0.3, -0.25) is 20.4 Å². The molecule has 0 radical (unpaired) electrons. The number of rotatable bonds is 8. The lowest BCUT2D eigenvalue weighted by Crippen LogP contribution is -2.43. The largest absolute Gasteiger partial charge is 0.496 e. The van der Waals surface area contributed by atoms with Crippen molar-refractivity contribution in [3.05, 3.63) is 94.5 Å². The molecule has 0 fully saturated rings. The van der Waals surface area contributed by atoms with E-state index in [4.69, 9.17) is 25.8 Å². The summed E-state index contributed by atoms with van der Waals surface area (Å²) in [5, 5.41) is 0.330. The summed E-state index contributed by atoms with van der Waals surface area (Å²) in [6.45, 7) is -0.446. The molecule has 0 unspecified atom stereocenters. The number of benzene rings is 3. The minimum atomic E-state index is -0.726. The van der Waals surface area contributed by atoms with Crippen LogP contribution >= 0.6 is 11.6 Å². The third-order valence-corrected chi connectivity index (χ3v) is 4.67. The minimum absolute atomic E-state index is 0.134. The summed E-state index contributed by atoms with van der Waals surface area (Å²) in [6, 6.07) is 20.4. The predicted molar refractivity (Wildman–Crippen MR) is 121 cm³/mol. The lowest BCUT2D eigenvalue weighted by Gasteiger charge is -2.12. The van der Waals surface area contributed by atoms with Crippen molar-refractivity contribution in [2.75, 3.05) is 13.7 Å². The molecule has 0 aliphatic carbocycles. The van der Waals surface area contributed by atoms with Gasteiger partial charge in [-0.2, -0.15) is 0 Å². The SMILES string of the molecule is COc1ccc(Cl)cc1C(=O)NNC(=O)COC(=O)c1ccccc1COc1ccccc1. The van der Waals surface area contributed by atoms with Gasteiger partial charge in [-0.1, -0.05) is 48.0 Å². The van der Waals surface area contributed by atoms with Gasteiger partial charge >= 0.3 is 5.97 Å². The van der Waals surface area contributed by atoms with Gasteiger partial charge in [0.2, 0.25) is 0 Å². The standard InChI is InChI=1S/C24H21ClN2O6/c1-31-21-12-11-17(25)13-20(21)23(29)27-26-22(28)15-33-24(30)19-10-6-5-7-16(19)14-32-18-8-3-2-4-9-18/h2-13H,14-15H2,1H3,(H,26,28)(H,27,29). The number of para-hydroxylation sites is 1. The molecule has 0 saturated carbocycles. The Morgan fingerprint density at radius 3 is 2.36 bits per heavy atom. The lowest BCUT2D eigenvalue weighted by molar-refractivity contribution is -0.125. The van der Waals surface area contributed by atoms with Crippen molar-refractivity contribution >= 4 is 29.4 Å². The van der Waals surface area contributed by atoms with E-state index in [9.17, 15) is 14.4 Å². The van der Waals surface area contributed by atoms with E-state index >= 15 is 0 Å². The monoisotopic (exact) mass is 468 g/mol. The smallest absolute Gasteiger partial charge is 0.339 e. The predicted octanol–water partition coefficient (Wildman–Crippen LogP) is 3.55. The third-order valence-electron chi connectivity index (χ3n) is 4.43. The number of hydrogen-bond acceptors (Lipinski definition) is 6. The Morgan fingerprint density at radius 2 is 1.61 bits per heavy atom. The molecular formula is C24H21ClN2O6. The van der Waals surface area contributed by atoms with Crippen LogP contribution in [-0.4, -0.2) is 31.5 Å². The number of halogens is 1. The Morgan fingerprint density at radius 1 is 0.879 bits per heavy atom. The zero-order chi connectivity index (χ0) is 23.6. The van der Waals surface area contributed by atoms with Crippen LogP contribution in [0.4, 0.5) is 0 Å². The molecule has 2 N–H and O–H groups in total. The molecule has 0 aromatic heterocycles. The number of carbonyl (C=O) groups excluding carboxylic acids is 3. The van der Waals surface area contributed by atoms with Crippen molar-refractivity contribution in [2.24, 2.45) is 0 Å². The summed E-state index contributed by atoms with van der Waals surface area (Å²) in [4.78, 5) is 36.8. The Kier molecular flexibility index (Phi) is 8.26. The molecule has 0 aliphatic rings. The number of hydrogen-bond donors (Lipinski definition) is 2. The van der Waals surface area contributed by atoms with Crippen LogP contribution in [0.2, 0.25) is 5.02 Å². The molecule has 3 aromatic rings. The van der Waals surface area contributed by atoms with Crippen molar-refractivity contribution in [1.29, 1.82) is 0 Å². The molecule has 8 nitrogen and oxygen atoms in total. The normalized spacial score (nSPS) is 10.1. The van der Waals surface area contributed by atoms with Crippen molar-refractivity contribution in [3.8, 4) is 11.5 Å². The molecule has 3 aromatic carbocycles. The number of ether oxygens (including phenoxy) is 3. The molecule has 0 saturated heterocycles. The fourth-order valence-corrected chi connectivity index (χ4v) is 2.99. The molecule has 0 heterocycles. The number of hydrazine groups is 1. The fourth-order valence-electron chi connectivity index (χ4n) is 2.82. The Hall–Kier alpha value is -4.04. The fraction of sp³-hybridized carbons (Fsp3) is 0.125. The van der Waals surface area contributed by atoms with E-state index in [0.717, 1.165) is 0 Å².